The van der Waals surface area contributed by atoms with Gasteiger partial charge in [-0.05, 0) is 6.92 Å². The van der Waals surface area contributed by atoms with Crippen LogP contribution in [-0.2, 0) is 9.53 Å². The van der Waals surface area contributed by atoms with Crippen LogP contribution in [0.3, 0.4) is 0 Å². The van der Waals surface area contributed by atoms with E-state index in [4.69, 9.17) is 4.74 Å². The summed E-state index contributed by atoms with van der Waals surface area (Å²) in [5.74, 6) is -0.433. The van der Waals surface area contributed by atoms with E-state index in [9.17, 15) is 9.59 Å². The highest BCUT2D eigenvalue weighted by molar-refractivity contribution is 5.91. The number of carbonyl (C=O) groups excluding carboxylic acids is 2. The molecule has 76 valence electrons. The first kappa shape index (κ1) is 10.4. The third-order valence-electron chi connectivity index (χ3n) is 1.72. The average Bonchev–Trinajstić information content (AvgIpc) is 2.51. The van der Waals surface area contributed by atoms with E-state index in [1.165, 1.54) is 11.1 Å². The molecule has 0 aliphatic carbocycles. The summed E-state index contributed by atoms with van der Waals surface area (Å²) in [4.78, 5) is 26.9. The van der Waals surface area contributed by atoms with Crippen molar-refractivity contribution in [2.75, 3.05) is 19.7 Å². The number of rotatable bonds is 4. The molecule has 0 aromatic heterocycles. The Kier molecular flexibility index (Phi) is 3.39. The Morgan fingerprint density at radius 3 is 3.00 bits per heavy atom. The van der Waals surface area contributed by atoms with Crippen LogP contribution in [0.4, 0.5) is 4.79 Å². The van der Waals surface area contributed by atoms with Crippen molar-refractivity contribution in [2.45, 2.75) is 6.92 Å². The van der Waals surface area contributed by atoms with Gasteiger partial charge in [-0.25, -0.2) is 14.6 Å². The van der Waals surface area contributed by atoms with E-state index >= 15 is 0 Å². The lowest BCUT2D eigenvalue weighted by Crippen LogP contribution is -2.29. The molecule has 14 heavy (non-hydrogen) atoms. The SMILES string of the molecule is C=C(C)C(=O)OCCN1CC=NC1=O. The smallest absolute Gasteiger partial charge is 0.343 e. The molecule has 0 unspecified atom stereocenters. The molecule has 0 bridgehead atoms. The molecule has 0 N–H and O–H groups in total. The van der Waals surface area contributed by atoms with E-state index in [1.807, 2.05) is 0 Å². The summed E-state index contributed by atoms with van der Waals surface area (Å²) in [5.41, 5.74) is 0.356. The van der Waals surface area contributed by atoms with E-state index < -0.39 is 5.97 Å². The van der Waals surface area contributed by atoms with Crippen LogP contribution in [0.15, 0.2) is 17.1 Å². The number of aliphatic imine (C=N–C) groups is 1. The Bertz CT molecular complexity index is 296. The van der Waals surface area contributed by atoms with E-state index in [0.29, 0.717) is 18.7 Å². The van der Waals surface area contributed by atoms with Gasteiger partial charge in [0.05, 0.1) is 13.1 Å². The lowest BCUT2D eigenvalue weighted by Gasteiger charge is -2.13. The number of nitrogens with zero attached hydrogens (tertiary/aromatic N) is 2. The quantitative estimate of drug-likeness (QED) is 0.489. The molecular formula is C9H12N2O3. The molecule has 1 heterocycles. The Morgan fingerprint density at radius 1 is 1.79 bits per heavy atom. The fourth-order valence-corrected chi connectivity index (χ4v) is 0.936. The molecule has 0 spiro atoms. The predicted octanol–water partition coefficient (Wildman–Crippen LogP) is 0.612. The molecule has 1 rings (SSSR count). The minimum atomic E-state index is -0.433. The minimum absolute atomic E-state index is 0.181. The van der Waals surface area contributed by atoms with Gasteiger partial charge in [-0.3, -0.25) is 0 Å². The van der Waals surface area contributed by atoms with Crippen LogP contribution in [0.25, 0.3) is 0 Å². The summed E-state index contributed by atoms with van der Waals surface area (Å²) in [6.45, 7) is 6.06. The highest BCUT2D eigenvalue weighted by Crippen LogP contribution is 1.99. The molecule has 1 aliphatic heterocycles. The summed E-state index contributed by atoms with van der Waals surface area (Å²) in [6.07, 6.45) is 1.53. The number of carbonyl (C=O) groups is 2. The molecule has 2 amide bonds. The molecule has 1 aliphatic rings. The highest BCUT2D eigenvalue weighted by atomic mass is 16.5. The van der Waals surface area contributed by atoms with Gasteiger partial charge in [-0.15, -0.1) is 0 Å². The van der Waals surface area contributed by atoms with E-state index in [-0.39, 0.29) is 12.6 Å². The first-order valence-corrected chi connectivity index (χ1v) is 4.25. The first-order chi connectivity index (χ1) is 6.61. The molecule has 0 saturated heterocycles. The van der Waals surface area contributed by atoms with Gasteiger partial charge in [0, 0.05) is 11.8 Å². The highest BCUT2D eigenvalue weighted by Gasteiger charge is 2.16. The molecule has 0 aromatic rings. The minimum Gasteiger partial charge on any atom is -0.460 e. The molecule has 0 atom stereocenters. The lowest BCUT2D eigenvalue weighted by molar-refractivity contribution is -0.139. The number of esters is 1. The van der Waals surface area contributed by atoms with Crippen LogP contribution in [0.2, 0.25) is 0 Å². The van der Waals surface area contributed by atoms with Crippen molar-refractivity contribution in [3.05, 3.63) is 12.2 Å². The molecule has 0 fully saturated rings. The van der Waals surface area contributed by atoms with Gasteiger partial charge in [0.2, 0.25) is 0 Å². The summed E-state index contributed by atoms with van der Waals surface area (Å²) in [6, 6.07) is -0.281. The van der Waals surface area contributed by atoms with Crippen molar-refractivity contribution < 1.29 is 14.3 Å². The summed E-state index contributed by atoms with van der Waals surface area (Å²) >= 11 is 0. The summed E-state index contributed by atoms with van der Waals surface area (Å²) in [5, 5.41) is 0. The second-order valence-electron chi connectivity index (χ2n) is 2.96. The number of hydrogen-bond acceptors (Lipinski definition) is 3. The zero-order valence-corrected chi connectivity index (χ0v) is 8.02. The largest absolute Gasteiger partial charge is 0.460 e. The monoisotopic (exact) mass is 196 g/mol. The van der Waals surface area contributed by atoms with Crippen LogP contribution < -0.4 is 0 Å². The van der Waals surface area contributed by atoms with Crippen molar-refractivity contribution in [1.82, 2.24) is 4.90 Å². The number of ether oxygens (including phenoxy) is 1. The second-order valence-corrected chi connectivity index (χ2v) is 2.96. The van der Waals surface area contributed by atoms with Gasteiger partial charge < -0.3 is 9.64 Å². The zero-order valence-electron chi connectivity index (χ0n) is 8.02. The molecule has 0 aromatic carbocycles. The first-order valence-electron chi connectivity index (χ1n) is 4.25. The zero-order chi connectivity index (χ0) is 10.6. The average molecular weight is 196 g/mol. The maximum absolute atomic E-state index is 11.0. The van der Waals surface area contributed by atoms with Crippen molar-refractivity contribution in [3.63, 3.8) is 0 Å². The lowest BCUT2D eigenvalue weighted by atomic mass is 10.4. The maximum atomic E-state index is 11.0. The fourth-order valence-electron chi connectivity index (χ4n) is 0.936. The molecule has 5 heteroatoms. The molecule has 5 nitrogen and oxygen atoms in total. The Balaban J connectivity index is 2.19. The summed E-state index contributed by atoms with van der Waals surface area (Å²) in [7, 11) is 0. The van der Waals surface area contributed by atoms with Gasteiger partial charge in [0.1, 0.15) is 6.61 Å². The normalized spacial score (nSPS) is 14.6. The van der Waals surface area contributed by atoms with Gasteiger partial charge in [0.25, 0.3) is 0 Å². The van der Waals surface area contributed by atoms with Crippen LogP contribution >= 0.6 is 0 Å². The topological polar surface area (TPSA) is 59.0 Å². The van der Waals surface area contributed by atoms with Crippen molar-refractivity contribution in [3.8, 4) is 0 Å². The van der Waals surface area contributed by atoms with Crippen LogP contribution in [0.5, 0.6) is 0 Å². The van der Waals surface area contributed by atoms with E-state index in [0.717, 1.165) is 0 Å². The van der Waals surface area contributed by atoms with Crippen molar-refractivity contribution >= 4 is 18.2 Å². The number of urea groups is 1. The fraction of sp³-hybridized carbons (Fsp3) is 0.444. The molecule has 0 saturated carbocycles. The maximum Gasteiger partial charge on any atom is 0.343 e. The van der Waals surface area contributed by atoms with Crippen LogP contribution in [-0.4, -0.2) is 42.8 Å². The van der Waals surface area contributed by atoms with E-state index in [2.05, 4.69) is 11.6 Å². The van der Waals surface area contributed by atoms with Crippen molar-refractivity contribution in [2.24, 2.45) is 4.99 Å². The third kappa shape index (κ3) is 2.69. The third-order valence-corrected chi connectivity index (χ3v) is 1.72. The van der Waals surface area contributed by atoms with Gasteiger partial charge in [-0.1, -0.05) is 6.58 Å². The second kappa shape index (κ2) is 4.55. The molecule has 0 radical (unpaired) electrons. The van der Waals surface area contributed by atoms with E-state index in [1.54, 1.807) is 6.92 Å². The van der Waals surface area contributed by atoms with Gasteiger partial charge >= 0.3 is 12.0 Å². The Hall–Kier alpha value is -1.65. The molecular weight excluding hydrogens is 184 g/mol. The Labute approximate surface area is 82.1 Å². The summed E-state index contributed by atoms with van der Waals surface area (Å²) < 4.78 is 4.83. The Morgan fingerprint density at radius 2 is 2.50 bits per heavy atom. The number of amides is 2. The van der Waals surface area contributed by atoms with Crippen LogP contribution in [0, 0.1) is 0 Å². The number of hydrogen-bond donors (Lipinski definition) is 0. The van der Waals surface area contributed by atoms with Crippen molar-refractivity contribution in [1.29, 1.82) is 0 Å². The van der Waals surface area contributed by atoms with Crippen LogP contribution in [0.1, 0.15) is 6.92 Å². The van der Waals surface area contributed by atoms with Gasteiger partial charge in [0.15, 0.2) is 0 Å². The predicted molar refractivity (Wildman–Crippen MR) is 51.2 cm³/mol. The van der Waals surface area contributed by atoms with Gasteiger partial charge in [-0.2, -0.15) is 0 Å². The standard InChI is InChI=1S/C9H12N2O3/c1-7(2)8(12)14-6-5-11-4-3-10-9(11)13/h3H,1,4-6H2,2H3.